The molecule has 0 saturated heterocycles. The molecule has 6 unspecified atom stereocenters. The second-order valence-electron chi connectivity index (χ2n) is 24.0. The average molecular weight is 1640 g/mol. The van der Waals surface area contributed by atoms with E-state index in [4.69, 9.17) is 4.74 Å². The van der Waals surface area contributed by atoms with Gasteiger partial charge in [-0.25, -0.2) is 0 Å². The predicted octanol–water partition coefficient (Wildman–Crippen LogP) is 20.0. The molecule has 0 aromatic heterocycles. The molecule has 0 N–H and O–H groups in total. The summed E-state index contributed by atoms with van der Waals surface area (Å²) in [5, 5.41) is 3.19. The molecule has 0 amide bonds. The Kier molecular flexibility index (Phi) is 45.5. The number of carbonyl (C=O) groups is 1. The molecule has 8 atom stereocenters. The van der Waals surface area contributed by atoms with Gasteiger partial charge < -0.3 is 4.74 Å². The molecule has 10 rings (SSSR count). The van der Waals surface area contributed by atoms with Gasteiger partial charge in [-0.15, -0.1) is 8.58 Å². The molecule has 0 aliphatic heterocycles. The number of hydrogen-bond acceptors (Lipinski definition) is 2. The standard InChI is InChI=1S/C26H42P2.C16H23O2P.C12H23P.2C5H10.CH4.2Fe.2Np/c1-21(25-19-12-20-26(25)27(2)22-13-6-3-7-14-22)28(23-15-8-4-9-16-23)24-17-10-5-11-18-24;1-12(18-13(2)17)15-10-7-11-16(15)19(3)14-8-5-4-6-9-14;1-3-7-11(8-4-1)13-12-9-5-2-6-10-12;2*1-2-4-5-3-1;;;;;/h3,6-7,13-14,21,23-26H,4-5,8-12,15-20H2,1-2H3;4-6,8-9,12,15-16H,7,10-11H2,1-3H3;11-13H,1-10H2;2*1-5H2;1H4;;;;/p+2/t21-,25?,26?,27?;12-,15?,16?,19?;;;;;;;;/m11......../s1. The number of rotatable bonds is 12. The van der Waals surface area contributed by atoms with Gasteiger partial charge >= 0.3 is 5.97 Å². The predicted molar refractivity (Wildman–Crippen MR) is 329 cm³/mol. The first kappa shape index (κ1) is 75.7. The van der Waals surface area contributed by atoms with Gasteiger partial charge in [0, 0.05) is 129 Å². The molecule has 2 aromatic carbocycles. The summed E-state index contributed by atoms with van der Waals surface area (Å²) in [5.74, 6) is 1.43. The minimum atomic E-state index is -0.564. The van der Waals surface area contributed by atoms with Crippen LogP contribution in [0.5, 0.6) is 0 Å². The van der Waals surface area contributed by atoms with Crippen LogP contribution >= 0.6 is 32.3 Å². The van der Waals surface area contributed by atoms with E-state index >= 15 is 0 Å². The summed E-state index contributed by atoms with van der Waals surface area (Å²) in [4.78, 5) is 11.1. The van der Waals surface area contributed by atoms with Crippen molar-refractivity contribution in [3.63, 3.8) is 0 Å². The van der Waals surface area contributed by atoms with Crippen LogP contribution in [0.1, 0.15) is 259 Å². The van der Waals surface area contributed by atoms with Crippen molar-refractivity contribution >= 4 is 48.9 Å². The quantitative estimate of drug-likeness (QED) is 0.120. The molecule has 0 spiro atoms. The molecule has 0 heterocycles. The summed E-state index contributed by atoms with van der Waals surface area (Å²) in [6.07, 6.45) is 54.3. The first-order chi connectivity index (χ1) is 34.3. The van der Waals surface area contributed by atoms with E-state index in [-0.39, 0.29) is 121 Å². The van der Waals surface area contributed by atoms with Crippen LogP contribution in [0, 0.1) is 71.7 Å². The van der Waals surface area contributed by atoms with Gasteiger partial charge in [-0.05, 0) is 149 Å². The van der Waals surface area contributed by atoms with Crippen LogP contribution in [-0.4, -0.2) is 65.0 Å². The number of ether oxygens (including phenoxy) is 1. The maximum absolute atomic E-state index is 11.1. The first-order valence-electron chi connectivity index (χ1n) is 30.8. The van der Waals surface area contributed by atoms with Gasteiger partial charge in [-0.3, -0.25) is 4.79 Å². The third-order valence-corrected chi connectivity index (χ3v) is 31.2. The van der Waals surface area contributed by atoms with E-state index in [1.807, 2.05) is 0 Å². The van der Waals surface area contributed by atoms with Crippen LogP contribution in [0.25, 0.3) is 0 Å². The van der Waals surface area contributed by atoms with Crippen molar-refractivity contribution in [2.24, 2.45) is 11.8 Å². The molecule has 8 aliphatic carbocycles. The maximum Gasteiger partial charge on any atom is 0.302 e. The van der Waals surface area contributed by atoms with E-state index in [1.165, 1.54) is 194 Å². The van der Waals surface area contributed by atoms with Gasteiger partial charge in [0.25, 0.3) is 0 Å². The van der Waals surface area contributed by atoms with Gasteiger partial charge in [0.2, 0.25) is 0 Å². The zero-order valence-corrected chi connectivity index (χ0v) is 61.4. The zero-order valence-electron chi connectivity index (χ0n) is 47.9. The van der Waals surface area contributed by atoms with Crippen LogP contribution in [0.3, 0.4) is 0 Å². The molecular weight excluding hydrogens is 1520 g/mol. The van der Waals surface area contributed by atoms with Crippen molar-refractivity contribution in [1.82, 2.24) is 0 Å². The Morgan fingerprint density at radius 3 is 1.12 bits per heavy atom. The fraction of sp³-hybridized carbons (Fsp3) is 0.800. The minimum absolute atomic E-state index is 0. The largest absolute Gasteiger partial charge is 0.462 e. The second kappa shape index (κ2) is 45.1. The van der Waals surface area contributed by atoms with E-state index in [2.05, 4.69) is 87.8 Å². The molecule has 430 valence electrons. The van der Waals surface area contributed by atoms with Gasteiger partial charge in [0.1, 0.15) is 6.10 Å². The van der Waals surface area contributed by atoms with E-state index in [9.17, 15) is 4.79 Å². The van der Waals surface area contributed by atoms with Crippen molar-refractivity contribution in [3.8, 4) is 0 Å². The molecule has 2 aromatic rings. The van der Waals surface area contributed by atoms with Crippen molar-refractivity contribution in [1.29, 1.82) is 0 Å². The summed E-state index contributed by atoms with van der Waals surface area (Å²) in [6.45, 7) is 11.4. The third-order valence-electron chi connectivity index (χ3n) is 18.9. The smallest absolute Gasteiger partial charge is 0.302 e. The number of esters is 1. The Labute approximate surface area is 537 Å². The molecule has 2 nitrogen and oxygen atoms in total. The second-order valence-corrected chi connectivity index (χ2v) is 34.5. The summed E-state index contributed by atoms with van der Waals surface area (Å²) >= 11 is 0. The van der Waals surface area contributed by atoms with E-state index < -0.39 is 15.8 Å². The van der Waals surface area contributed by atoms with Gasteiger partial charge in [0.15, 0.2) is 0 Å². The normalized spacial score (nSPS) is 25.7. The minimum Gasteiger partial charge on any atom is -0.462 e. The fourth-order valence-corrected chi connectivity index (χ4v) is 27.7. The van der Waals surface area contributed by atoms with E-state index in [0.29, 0.717) is 5.92 Å². The Morgan fingerprint density at radius 2 is 0.773 bits per heavy atom. The van der Waals surface area contributed by atoms with Crippen molar-refractivity contribution in [2.75, 3.05) is 13.3 Å². The van der Waals surface area contributed by atoms with E-state index in [0.717, 1.165) is 45.5 Å². The van der Waals surface area contributed by atoms with Crippen molar-refractivity contribution in [2.45, 2.75) is 305 Å². The fourth-order valence-electron chi connectivity index (χ4n) is 15.0. The first-order valence-corrected chi connectivity index (χ1v) is 37.6. The molecule has 75 heavy (non-hydrogen) atoms. The Hall–Kier alpha value is 2.69. The van der Waals surface area contributed by atoms with Crippen LogP contribution < -0.4 is 10.6 Å². The van der Waals surface area contributed by atoms with Crippen LogP contribution in [-0.2, 0) is 43.7 Å². The van der Waals surface area contributed by atoms with Crippen LogP contribution in [0.2, 0.25) is 0 Å². The van der Waals surface area contributed by atoms with Crippen molar-refractivity contribution < 1.29 is 104 Å². The maximum atomic E-state index is 11.1. The summed E-state index contributed by atoms with van der Waals surface area (Å²) in [6, 6.07) is 22.4. The zero-order chi connectivity index (χ0) is 49.2. The Balaban J connectivity index is 0.000000520. The van der Waals surface area contributed by atoms with Crippen LogP contribution in [0.15, 0.2) is 60.7 Å². The molecule has 8 fully saturated rings. The van der Waals surface area contributed by atoms with Gasteiger partial charge in [-0.2, -0.15) is 0 Å². The van der Waals surface area contributed by atoms with Gasteiger partial charge in [-0.1, -0.05) is 200 Å². The third kappa shape index (κ3) is 27.5. The number of carbonyl (C=O) groups excluding carboxylic acids is 1. The Morgan fingerprint density at radius 1 is 0.467 bits per heavy atom. The number of hydrogen-bond donors (Lipinski definition) is 0. The molecule has 0 bridgehead atoms. The SMILES string of the molecule is C.C1CCC(PC2CCCCC2)CC1.C1CCCC1.C1CCCC1.CC(=O)O[C@H](C)C1CCCC1[PH+](C)c1ccccc1.C[C@H](C1CCCC1[PH+](C)c1ccccc1)P(C1CCCCC1)C1CCCCC1.[Fe].[Fe].[Np].[Np]. The Bertz CT molecular complexity index is 1580. The molecule has 8 aliphatic rings. The number of benzene rings is 2. The van der Waals surface area contributed by atoms with Crippen molar-refractivity contribution in [3.05, 3.63) is 60.7 Å². The average Bonchev–Trinajstić information content (AvgIpc) is 4.28. The monoisotopic (exact) mass is 1630 g/mol. The van der Waals surface area contributed by atoms with Crippen LogP contribution in [0.4, 0.5) is 0 Å². The topological polar surface area (TPSA) is 26.3 Å². The molecule has 10 heteroatoms. The summed E-state index contributed by atoms with van der Waals surface area (Å²) in [7, 11) is 0.573. The summed E-state index contributed by atoms with van der Waals surface area (Å²) < 4.78 is 5.43. The summed E-state index contributed by atoms with van der Waals surface area (Å²) in [5.41, 5.74) is 7.31. The van der Waals surface area contributed by atoms with Gasteiger partial charge in [0.05, 0.1) is 35.3 Å². The molecular formula is C65H114Fe2Np2O2P4+2. The van der Waals surface area contributed by atoms with E-state index in [1.54, 1.807) is 63.1 Å². The molecule has 8 saturated carbocycles. The molecule has 2 radical (unpaired) electrons.